The Balaban J connectivity index is 2.67. The second-order valence-electron chi connectivity index (χ2n) is 4.30. The largest absolute Gasteiger partial charge is 0.510 e. The number of aromatic nitrogens is 2. The van der Waals surface area contributed by atoms with Gasteiger partial charge in [0.05, 0.1) is 16.5 Å². The van der Waals surface area contributed by atoms with Crippen LogP contribution in [0.4, 0.5) is 5.69 Å². The van der Waals surface area contributed by atoms with Crippen molar-refractivity contribution in [2.24, 2.45) is 10.2 Å². The van der Waals surface area contributed by atoms with Crippen LogP contribution in [0.5, 0.6) is 0 Å². The third-order valence-corrected chi connectivity index (χ3v) is 2.74. The van der Waals surface area contributed by atoms with Crippen LogP contribution in [-0.4, -0.2) is 21.1 Å². The highest BCUT2D eigenvalue weighted by atomic mass is 16.3. The molecule has 1 heterocycles. The smallest absolute Gasteiger partial charge is 0.272 e. The van der Waals surface area contributed by atoms with E-state index in [1.54, 1.807) is 0 Å². The highest BCUT2D eigenvalue weighted by Crippen LogP contribution is 2.21. The van der Waals surface area contributed by atoms with Gasteiger partial charge in [0.2, 0.25) is 0 Å². The third-order valence-electron chi connectivity index (χ3n) is 2.74. The Morgan fingerprint density at radius 2 is 1.81 bits per heavy atom. The average Bonchev–Trinajstić information content (AvgIpc) is 2.42. The lowest BCUT2D eigenvalue weighted by atomic mass is 10.1. The molecule has 0 atom stereocenters. The Bertz CT molecular complexity index is 885. The van der Waals surface area contributed by atoms with Crippen LogP contribution in [0.1, 0.15) is 13.8 Å². The van der Waals surface area contributed by atoms with E-state index in [2.05, 4.69) is 20.4 Å². The topological polar surface area (TPSA) is 128 Å². The van der Waals surface area contributed by atoms with E-state index in [0.29, 0.717) is 0 Å². The normalized spacial score (nSPS) is 12.7. The lowest BCUT2D eigenvalue weighted by Gasteiger charge is -2.00. The van der Waals surface area contributed by atoms with E-state index >= 15 is 0 Å². The van der Waals surface area contributed by atoms with Crippen LogP contribution in [-0.2, 0) is 4.79 Å². The van der Waals surface area contributed by atoms with Gasteiger partial charge in [0.15, 0.2) is 11.5 Å². The molecular weight excluding hydrogens is 276 g/mol. The molecule has 0 amide bonds. The Morgan fingerprint density at radius 1 is 1.14 bits per heavy atom. The quantitative estimate of drug-likeness (QED) is 0.451. The van der Waals surface area contributed by atoms with Crippen LogP contribution >= 0.6 is 0 Å². The van der Waals surface area contributed by atoms with Crippen molar-refractivity contribution in [3.8, 4) is 0 Å². The number of aliphatic hydroxyl groups is 1. The number of ketones is 1. The molecule has 108 valence electrons. The van der Waals surface area contributed by atoms with Crippen LogP contribution in [0, 0.1) is 0 Å². The summed E-state index contributed by atoms with van der Waals surface area (Å²) < 4.78 is 0. The van der Waals surface area contributed by atoms with Crippen LogP contribution in [0.2, 0.25) is 0 Å². The summed E-state index contributed by atoms with van der Waals surface area (Å²) in [7, 11) is 0. The molecule has 3 N–H and O–H groups in total. The first kappa shape index (κ1) is 14.4. The predicted octanol–water partition coefficient (Wildman–Crippen LogP) is 1.68. The zero-order valence-corrected chi connectivity index (χ0v) is 11.3. The number of nitrogens with one attached hydrogen (secondary N) is 2. The summed E-state index contributed by atoms with van der Waals surface area (Å²) in [6, 6.07) is 4.49. The maximum Gasteiger partial charge on any atom is 0.272 e. The van der Waals surface area contributed by atoms with E-state index < -0.39 is 16.9 Å². The Hall–Kier alpha value is -3.03. The van der Waals surface area contributed by atoms with Gasteiger partial charge in [-0.15, -0.1) is 10.2 Å². The Morgan fingerprint density at radius 3 is 2.43 bits per heavy atom. The maximum absolute atomic E-state index is 11.8. The number of carbonyl (C=O) groups excluding carboxylic acids is 1. The molecule has 8 nitrogen and oxygen atoms in total. The lowest BCUT2D eigenvalue weighted by molar-refractivity contribution is -0.113. The summed E-state index contributed by atoms with van der Waals surface area (Å²) in [6.07, 6.45) is 0. The van der Waals surface area contributed by atoms with Gasteiger partial charge in [-0.05, 0) is 19.1 Å². The van der Waals surface area contributed by atoms with Crippen molar-refractivity contribution in [1.29, 1.82) is 0 Å². The van der Waals surface area contributed by atoms with Crippen molar-refractivity contribution in [3.63, 3.8) is 0 Å². The number of hydrogen-bond acceptors (Lipinski definition) is 6. The van der Waals surface area contributed by atoms with Crippen molar-refractivity contribution < 1.29 is 9.90 Å². The molecule has 8 heteroatoms. The van der Waals surface area contributed by atoms with Gasteiger partial charge in [-0.1, -0.05) is 6.07 Å². The van der Waals surface area contributed by atoms with Crippen LogP contribution in [0.15, 0.2) is 49.5 Å². The van der Waals surface area contributed by atoms with Crippen molar-refractivity contribution in [2.45, 2.75) is 13.8 Å². The number of rotatable bonds is 3. The summed E-state index contributed by atoms with van der Waals surface area (Å²) in [5.41, 5.74) is -1.09. The van der Waals surface area contributed by atoms with Crippen molar-refractivity contribution in [3.05, 3.63) is 50.4 Å². The Kier molecular flexibility index (Phi) is 3.79. The third kappa shape index (κ3) is 2.78. The summed E-state index contributed by atoms with van der Waals surface area (Å²) in [5.74, 6) is -0.746. The first-order chi connectivity index (χ1) is 9.91. The molecule has 0 aliphatic carbocycles. The molecular formula is C13H12N4O4. The van der Waals surface area contributed by atoms with Crippen molar-refractivity contribution in [2.75, 3.05) is 0 Å². The number of hydrogen-bond donors (Lipinski definition) is 3. The average molecular weight is 288 g/mol. The zero-order valence-electron chi connectivity index (χ0n) is 11.3. The number of Topliss-reactive ketones (excluding diaryl/α,β-unsaturated/α-hetero) is 1. The highest BCUT2D eigenvalue weighted by molar-refractivity contribution is 5.93. The molecule has 0 spiro atoms. The number of nitrogens with zero attached hydrogens (tertiary/aromatic N) is 2. The molecule has 2 rings (SSSR count). The van der Waals surface area contributed by atoms with Gasteiger partial charge in [-0.25, -0.2) is 0 Å². The second kappa shape index (κ2) is 5.53. The molecule has 0 fully saturated rings. The molecule has 0 saturated carbocycles. The molecule has 0 radical (unpaired) electrons. The Labute approximate surface area is 117 Å². The number of H-pyrrole nitrogens is 2. The molecule has 0 saturated heterocycles. The van der Waals surface area contributed by atoms with E-state index in [-0.39, 0.29) is 27.9 Å². The van der Waals surface area contributed by atoms with Gasteiger partial charge in [-0.3, -0.25) is 24.6 Å². The van der Waals surface area contributed by atoms with Gasteiger partial charge in [-0.2, -0.15) is 0 Å². The number of fused-ring (bicyclic) bond motifs is 1. The monoisotopic (exact) mass is 288 g/mol. The van der Waals surface area contributed by atoms with E-state index in [0.717, 1.165) is 0 Å². The fourth-order valence-electron chi connectivity index (χ4n) is 1.80. The van der Waals surface area contributed by atoms with Gasteiger partial charge in [0.25, 0.3) is 11.1 Å². The number of aromatic amines is 2. The standard InChI is InChI=1S/C13H12N4O4/c1-6(18)11(7(2)19)15-14-9-5-3-4-8-10(9)13(21)17-16-12(8)20/h3-5,18H,1-2H3,(H,16,20)(H,17,21)/b11-6+,15-14?. The zero-order chi connectivity index (χ0) is 15.6. The number of carbonyl (C=O) groups is 1. The van der Waals surface area contributed by atoms with E-state index in [1.165, 1.54) is 32.0 Å². The summed E-state index contributed by atoms with van der Waals surface area (Å²) in [5, 5.41) is 21.4. The highest BCUT2D eigenvalue weighted by Gasteiger charge is 2.10. The molecule has 0 unspecified atom stereocenters. The van der Waals surface area contributed by atoms with Crippen molar-refractivity contribution >= 4 is 22.2 Å². The van der Waals surface area contributed by atoms with Crippen LogP contribution in [0.3, 0.4) is 0 Å². The first-order valence-corrected chi connectivity index (χ1v) is 5.98. The molecule has 0 aliphatic heterocycles. The molecule has 0 bridgehead atoms. The lowest BCUT2D eigenvalue weighted by Crippen LogP contribution is -2.18. The fraction of sp³-hybridized carbons (Fsp3) is 0.154. The minimum atomic E-state index is -0.534. The van der Waals surface area contributed by atoms with Gasteiger partial charge in [0.1, 0.15) is 5.76 Å². The molecule has 1 aromatic carbocycles. The molecule has 1 aromatic heterocycles. The predicted molar refractivity (Wildman–Crippen MR) is 75.7 cm³/mol. The fourth-order valence-corrected chi connectivity index (χ4v) is 1.80. The summed E-state index contributed by atoms with van der Waals surface area (Å²) >= 11 is 0. The molecule has 21 heavy (non-hydrogen) atoms. The minimum absolute atomic E-state index is 0.0588. The van der Waals surface area contributed by atoms with E-state index in [1.807, 2.05) is 0 Å². The van der Waals surface area contributed by atoms with Gasteiger partial charge < -0.3 is 5.11 Å². The first-order valence-electron chi connectivity index (χ1n) is 5.98. The molecule has 0 aliphatic rings. The van der Waals surface area contributed by atoms with Crippen LogP contribution in [0.25, 0.3) is 10.8 Å². The van der Waals surface area contributed by atoms with E-state index in [4.69, 9.17) is 0 Å². The SMILES string of the molecule is CC(=O)/C(N=Nc1cccc2c(=O)[nH][nH]c(=O)c12)=C(/C)O. The summed E-state index contributed by atoms with van der Waals surface area (Å²) in [6.45, 7) is 2.53. The number of azo groups is 1. The van der Waals surface area contributed by atoms with E-state index in [9.17, 15) is 19.5 Å². The maximum atomic E-state index is 11.8. The summed E-state index contributed by atoms with van der Waals surface area (Å²) in [4.78, 5) is 34.7. The van der Waals surface area contributed by atoms with Crippen molar-refractivity contribution in [1.82, 2.24) is 10.2 Å². The number of benzene rings is 1. The number of allylic oxidation sites excluding steroid dienone is 2. The van der Waals surface area contributed by atoms with Crippen LogP contribution < -0.4 is 11.1 Å². The number of aliphatic hydroxyl groups excluding tert-OH is 1. The second-order valence-corrected chi connectivity index (χ2v) is 4.30. The molecule has 2 aromatic rings. The minimum Gasteiger partial charge on any atom is -0.510 e. The van der Waals surface area contributed by atoms with Gasteiger partial charge >= 0.3 is 0 Å². The van der Waals surface area contributed by atoms with Gasteiger partial charge in [0, 0.05) is 6.92 Å².